The predicted octanol–water partition coefficient (Wildman–Crippen LogP) is 2.56. The first-order chi connectivity index (χ1) is 6.27. The number of aliphatic hydroxyl groups excluding tert-OH is 1. The molecule has 0 aromatic rings. The average molecular weight is 187 g/mol. The zero-order chi connectivity index (χ0) is 9.94. The fourth-order valence-corrected chi connectivity index (χ4v) is 1.21. The highest BCUT2D eigenvalue weighted by molar-refractivity contribution is 4.50. The first kappa shape index (κ1) is 12.9. The topological polar surface area (TPSA) is 29.5 Å². The van der Waals surface area contributed by atoms with Gasteiger partial charge in [0.2, 0.25) is 0 Å². The lowest BCUT2D eigenvalue weighted by Crippen LogP contribution is -2.03. The molecule has 0 spiro atoms. The number of unbranched alkanes of at least 4 members (excludes halogenated alkanes) is 5. The zero-order valence-corrected chi connectivity index (χ0v) is 8.80. The van der Waals surface area contributed by atoms with Gasteiger partial charge in [-0.15, -0.1) is 0 Å². The Morgan fingerprint density at radius 3 is 2.15 bits per heavy atom. The van der Waals surface area contributed by atoms with Gasteiger partial charge in [0.05, 0.1) is 6.10 Å². The van der Waals surface area contributed by atoms with E-state index in [1.807, 2.05) is 6.92 Å². The van der Waals surface area contributed by atoms with E-state index in [1.54, 1.807) is 0 Å². The summed E-state index contributed by atoms with van der Waals surface area (Å²) in [5.41, 5.74) is 0. The smallest absolute Gasteiger partial charge is 0.0547 e. The molecule has 0 aliphatic rings. The Bertz CT molecular complexity index is 92.1. The minimum atomic E-state index is 0.120. The molecule has 0 bridgehead atoms. The van der Waals surface area contributed by atoms with Crippen molar-refractivity contribution in [2.75, 3.05) is 13.2 Å². The van der Waals surface area contributed by atoms with Crippen LogP contribution in [0, 0.1) is 6.92 Å². The van der Waals surface area contributed by atoms with E-state index >= 15 is 0 Å². The van der Waals surface area contributed by atoms with Crippen LogP contribution in [0.5, 0.6) is 0 Å². The molecule has 0 heterocycles. The number of rotatable bonds is 9. The van der Waals surface area contributed by atoms with Crippen molar-refractivity contribution in [3.05, 3.63) is 6.92 Å². The summed E-state index contributed by atoms with van der Waals surface area (Å²) in [6, 6.07) is 0. The van der Waals surface area contributed by atoms with Gasteiger partial charge in [-0.2, -0.15) is 0 Å². The van der Waals surface area contributed by atoms with Crippen LogP contribution >= 0.6 is 0 Å². The molecule has 0 aliphatic carbocycles. The van der Waals surface area contributed by atoms with E-state index in [4.69, 9.17) is 9.84 Å². The van der Waals surface area contributed by atoms with E-state index in [2.05, 4.69) is 6.92 Å². The second-order valence-corrected chi connectivity index (χ2v) is 3.53. The average Bonchev–Trinajstić information content (AvgIpc) is 2.09. The third-order valence-corrected chi connectivity index (χ3v) is 1.95. The van der Waals surface area contributed by atoms with Crippen molar-refractivity contribution in [2.45, 2.75) is 51.6 Å². The van der Waals surface area contributed by atoms with Gasteiger partial charge in [0.25, 0.3) is 0 Å². The van der Waals surface area contributed by atoms with Crippen LogP contribution in [-0.2, 0) is 4.74 Å². The molecule has 0 amide bonds. The lowest BCUT2D eigenvalue weighted by atomic mass is 10.1. The van der Waals surface area contributed by atoms with Crippen LogP contribution in [0.3, 0.4) is 0 Å². The van der Waals surface area contributed by atoms with Gasteiger partial charge < -0.3 is 9.84 Å². The summed E-state index contributed by atoms with van der Waals surface area (Å²) in [4.78, 5) is 0. The molecular weight excluding hydrogens is 164 g/mol. The van der Waals surface area contributed by atoms with Gasteiger partial charge in [0, 0.05) is 13.2 Å². The fraction of sp³-hybridized carbons (Fsp3) is 0.909. The van der Waals surface area contributed by atoms with Crippen molar-refractivity contribution in [3.63, 3.8) is 0 Å². The molecule has 2 heteroatoms. The van der Waals surface area contributed by atoms with Gasteiger partial charge in [-0.3, -0.25) is 0 Å². The van der Waals surface area contributed by atoms with E-state index in [0.717, 1.165) is 25.9 Å². The summed E-state index contributed by atoms with van der Waals surface area (Å²) in [6.07, 6.45) is 7.09. The summed E-state index contributed by atoms with van der Waals surface area (Å²) < 4.78 is 5.32. The number of aliphatic hydroxyl groups is 1. The molecule has 1 atom stereocenters. The molecular formula is C11H23O2. The summed E-state index contributed by atoms with van der Waals surface area (Å²) >= 11 is 0. The van der Waals surface area contributed by atoms with E-state index in [-0.39, 0.29) is 6.10 Å². The lowest BCUT2D eigenvalue weighted by molar-refractivity contribution is 0.0921. The first-order valence-electron chi connectivity index (χ1n) is 5.33. The Labute approximate surface area is 82.3 Å². The van der Waals surface area contributed by atoms with Crippen molar-refractivity contribution in [2.24, 2.45) is 0 Å². The van der Waals surface area contributed by atoms with E-state index in [1.165, 1.54) is 19.3 Å². The molecule has 0 saturated heterocycles. The quantitative estimate of drug-likeness (QED) is 0.562. The molecule has 0 aromatic heterocycles. The van der Waals surface area contributed by atoms with Crippen LogP contribution in [0.1, 0.15) is 45.4 Å². The van der Waals surface area contributed by atoms with Gasteiger partial charge in [-0.1, -0.05) is 25.7 Å². The lowest BCUT2D eigenvalue weighted by Gasteiger charge is -2.06. The SMILES string of the molecule is [CH2]C(C)OCCCCCCCCO. The van der Waals surface area contributed by atoms with Crippen molar-refractivity contribution in [3.8, 4) is 0 Å². The highest BCUT2D eigenvalue weighted by atomic mass is 16.5. The molecule has 0 aromatic carbocycles. The van der Waals surface area contributed by atoms with Crippen molar-refractivity contribution < 1.29 is 9.84 Å². The van der Waals surface area contributed by atoms with E-state index < -0.39 is 0 Å². The van der Waals surface area contributed by atoms with E-state index in [9.17, 15) is 0 Å². The Morgan fingerprint density at radius 2 is 1.62 bits per heavy atom. The largest absolute Gasteiger partial charge is 0.396 e. The third-order valence-electron chi connectivity index (χ3n) is 1.95. The minimum Gasteiger partial charge on any atom is -0.396 e. The first-order valence-corrected chi connectivity index (χ1v) is 5.33. The van der Waals surface area contributed by atoms with Crippen molar-refractivity contribution in [1.82, 2.24) is 0 Å². The van der Waals surface area contributed by atoms with Gasteiger partial charge in [0.1, 0.15) is 0 Å². The molecule has 0 rings (SSSR count). The summed E-state index contributed by atoms with van der Waals surface area (Å²) in [5, 5.41) is 8.54. The fourth-order valence-electron chi connectivity index (χ4n) is 1.21. The third kappa shape index (κ3) is 11.9. The van der Waals surface area contributed by atoms with Crippen LogP contribution < -0.4 is 0 Å². The standard InChI is InChI=1S/C11H23O2/c1-11(2)13-10-8-6-4-3-5-7-9-12/h11-12H,1,3-10H2,2H3. The van der Waals surface area contributed by atoms with Gasteiger partial charge in [-0.05, 0) is 26.7 Å². The molecule has 1 N–H and O–H groups in total. The number of ether oxygens (including phenoxy) is 1. The second-order valence-electron chi connectivity index (χ2n) is 3.53. The Hall–Kier alpha value is -0.0800. The van der Waals surface area contributed by atoms with Crippen LogP contribution in [0.4, 0.5) is 0 Å². The van der Waals surface area contributed by atoms with Gasteiger partial charge >= 0.3 is 0 Å². The minimum absolute atomic E-state index is 0.120. The highest BCUT2D eigenvalue weighted by Gasteiger charge is 1.93. The Kier molecular flexibility index (Phi) is 9.94. The molecule has 0 saturated carbocycles. The van der Waals surface area contributed by atoms with Crippen LogP contribution in [0.25, 0.3) is 0 Å². The highest BCUT2D eigenvalue weighted by Crippen LogP contribution is 2.05. The Morgan fingerprint density at radius 1 is 1.08 bits per heavy atom. The normalized spacial score (nSPS) is 11.1. The second kappa shape index (κ2) is 10.0. The summed E-state index contributed by atoms with van der Waals surface area (Å²) in [5.74, 6) is 0. The molecule has 2 nitrogen and oxygen atoms in total. The predicted molar refractivity (Wildman–Crippen MR) is 55.6 cm³/mol. The maximum absolute atomic E-state index is 8.54. The molecule has 0 aliphatic heterocycles. The van der Waals surface area contributed by atoms with Crippen LogP contribution in [-0.4, -0.2) is 24.4 Å². The number of hydrogen-bond acceptors (Lipinski definition) is 2. The van der Waals surface area contributed by atoms with Crippen molar-refractivity contribution in [1.29, 1.82) is 0 Å². The van der Waals surface area contributed by atoms with Gasteiger partial charge in [-0.25, -0.2) is 0 Å². The molecule has 1 unspecified atom stereocenters. The molecule has 0 fully saturated rings. The van der Waals surface area contributed by atoms with Crippen LogP contribution in [0.15, 0.2) is 0 Å². The molecule has 1 radical (unpaired) electrons. The van der Waals surface area contributed by atoms with Crippen LogP contribution in [0.2, 0.25) is 0 Å². The monoisotopic (exact) mass is 187 g/mol. The zero-order valence-electron chi connectivity index (χ0n) is 8.80. The summed E-state index contributed by atoms with van der Waals surface area (Å²) in [6.45, 7) is 6.88. The van der Waals surface area contributed by atoms with Gasteiger partial charge in [0.15, 0.2) is 0 Å². The summed E-state index contributed by atoms with van der Waals surface area (Å²) in [7, 11) is 0. The maximum Gasteiger partial charge on any atom is 0.0547 e. The van der Waals surface area contributed by atoms with E-state index in [0.29, 0.717) is 6.61 Å². The number of hydrogen-bond donors (Lipinski definition) is 1. The van der Waals surface area contributed by atoms with Crippen molar-refractivity contribution >= 4 is 0 Å². The Balaban J connectivity index is 2.84. The molecule has 13 heavy (non-hydrogen) atoms. The maximum atomic E-state index is 8.54. The molecule has 79 valence electrons.